The number of alkyl halides is 3. The standard InChI is InChI=1S/C11H13Br3O2S/c1-10(2,3)8-4-6-9(7-5-8)17(15,16)11(12,13)14/h4-7H,1-3H3. The fourth-order valence-electron chi connectivity index (χ4n) is 1.27. The van der Waals surface area contributed by atoms with Gasteiger partial charge in [0.15, 0.2) is 0 Å². The first-order valence-corrected chi connectivity index (χ1v) is 8.74. The van der Waals surface area contributed by atoms with Crippen molar-refractivity contribution >= 4 is 57.6 Å². The Labute approximate surface area is 127 Å². The largest absolute Gasteiger partial charge is 0.239 e. The number of halogens is 3. The van der Waals surface area contributed by atoms with Crippen LogP contribution in [0.3, 0.4) is 0 Å². The zero-order valence-electron chi connectivity index (χ0n) is 9.67. The van der Waals surface area contributed by atoms with E-state index in [-0.39, 0.29) is 10.3 Å². The van der Waals surface area contributed by atoms with Gasteiger partial charge in [0, 0.05) is 0 Å². The van der Waals surface area contributed by atoms with E-state index in [0.717, 1.165) is 5.56 Å². The Morgan fingerprint density at radius 2 is 1.35 bits per heavy atom. The Kier molecular flexibility index (Phi) is 4.56. The Hall–Kier alpha value is 0.610. The SMILES string of the molecule is CC(C)(C)c1ccc(S(=O)(=O)C(Br)(Br)Br)cc1. The van der Waals surface area contributed by atoms with Gasteiger partial charge in [0.1, 0.15) is 0 Å². The minimum Gasteiger partial charge on any atom is -0.220 e. The van der Waals surface area contributed by atoms with Crippen LogP contribution in [0.1, 0.15) is 26.3 Å². The molecule has 1 rings (SSSR count). The van der Waals surface area contributed by atoms with Crippen molar-refractivity contribution in [3.8, 4) is 0 Å². The van der Waals surface area contributed by atoms with Crippen molar-refractivity contribution in [2.24, 2.45) is 0 Å². The van der Waals surface area contributed by atoms with Gasteiger partial charge in [0.25, 0.3) is 0 Å². The van der Waals surface area contributed by atoms with E-state index in [9.17, 15) is 8.42 Å². The number of sulfone groups is 1. The zero-order chi connectivity index (χ0) is 13.5. The maximum absolute atomic E-state index is 12.1. The van der Waals surface area contributed by atoms with Gasteiger partial charge in [-0.05, 0) is 70.9 Å². The van der Waals surface area contributed by atoms with Crippen LogP contribution in [0, 0.1) is 0 Å². The Balaban J connectivity index is 3.22. The molecule has 1 aromatic carbocycles. The quantitative estimate of drug-likeness (QED) is 0.590. The van der Waals surface area contributed by atoms with Crippen LogP contribution in [-0.2, 0) is 15.3 Å². The summed E-state index contributed by atoms with van der Waals surface area (Å²) < 4.78 is 22.8. The number of hydrogen-bond acceptors (Lipinski definition) is 2. The molecule has 0 unspecified atom stereocenters. The summed E-state index contributed by atoms with van der Waals surface area (Å²) in [5, 5.41) is 0. The van der Waals surface area contributed by atoms with Gasteiger partial charge in [0.2, 0.25) is 11.3 Å². The van der Waals surface area contributed by atoms with E-state index >= 15 is 0 Å². The molecule has 17 heavy (non-hydrogen) atoms. The molecular formula is C11H13Br3O2S. The molecule has 0 aliphatic heterocycles. The van der Waals surface area contributed by atoms with Crippen molar-refractivity contribution in [3.05, 3.63) is 29.8 Å². The highest BCUT2D eigenvalue weighted by Crippen LogP contribution is 2.43. The third-order valence-corrected chi connectivity index (χ3v) is 7.67. The molecule has 0 saturated carbocycles. The van der Waals surface area contributed by atoms with Gasteiger partial charge in [-0.25, -0.2) is 8.42 Å². The van der Waals surface area contributed by atoms with Crippen LogP contribution in [0.2, 0.25) is 0 Å². The van der Waals surface area contributed by atoms with Crippen molar-refractivity contribution in [1.29, 1.82) is 0 Å². The minimum atomic E-state index is -3.49. The van der Waals surface area contributed by atoms with Crippen LogP contribution in [0.4, 0.5) is 0 Å². The van der Waals surface area contributed by atoms with E-state index in [1.165, 1.54) is 0 Å². The molecule has 0 heterocycles. The maximum Gasteiger partial charge on any atom is 0.239 e. The summed E-state index contributed by atoms with van der Waals surface area (Å²) >= 11 is 9.12. The molecule has 0 aromatic heterocycles. The van der Waals surface area contributed by atoms with Gasteiger partial charge in [-0.2, -0.15) is 0 Å². The summed E-state index contributed by atoms with van der Waals surface area (Å²) in [6, 6.07) is 6.92. The third-order valence-electron chi connectivity index (χ3n) is 2.34. The summed E-state index contributed by atoms with van der Waals surface area (Å²) in [5.74, 6) is 0. The second-order valence-corrected chi connectivity index (χ2v) is 15.1. The van der Waals surface area contributed by atoms with Crippen LogP contribution in [0.15, 0.2) is 29.2 Å². The number of rotatable bonds is 1. The lowest BCUT2D eigenvalue weighted by atomic mass is 9.87. The third kappa shape index (κ3) is 3.55. The topological polar surface area (TPSA) is 34.1 Å². The van der Waals surface area contributed by atoms with E-state index < -0.39 is 11.3 Å². The molecule has 0 radical (unpaired) electrons. The first-order valence-electron chi connectivity index (χ1n) is 4.88. The van der Waals surface area contributed by atoms with Gasteiger partial charge < -0.3 is 0 Å². The van der Waals surface area contributed by atoms with Crippen LogP contribution >= 0.6 is 47.8 Å². The highest BCUT2D eigenvalue weighted by molar-refractivity contribution is 9.42. The molecule has 6 heteroatoms. The van der Waals surface area contributed by atoms with Crippen molar-refractivity contribution < 1.29 is 8.42 Å². The summed E-state index contributed by atoms with van der Waals surface area (Å²) in [4.78, 5) is 0.260. The molecule has 0 spiro atoms. The molecule has 0 aliphatic rings. The van der Waals surface area contributed by atoms with Crippen molar-refractivity contribution in [3.63, 3.8) is 0 Å². The van der Waals surface area contributed by atoms with Gasteiger partial charge in [-0.15, -0.1) is 0 Å². The van der Waals surface area contributed by atoms with Crippen molar-refractivity contribution in [1.82, 2.24) is 0 Å². The van der Waals surface area contributed by atoms with Crippen LogP contribution in [0.25, 0.3) is 0 Å². The molecule has 0 aliphatic carbocycles. The molecule has 96 valence electrons. The summed E-state index contributed by atoms with van der Waals surface area (Å²) in [7, 11) is -3.49. The molecule has 1 aromatic rings. The Morgan fingerprint density at radius 1 is 0.941 bits per heavy atom. The summed E-state index contributed by atoms with van der Waals surface area (Å²) in [5.41, 5.74) is 1.11. The average Bonchev–Trinajstić information content (AvgIpc) is 2.15. The fourth-order valence-corrected chi connectivity index (χ4v) is 3.71. The molecular weight excluding hydrogens is 436 g/mol. The van der Waals surface area contributed by atoms with Gasteiger partial charge in [0.05, 0.1) is 4.90 Å². The fraction of sp³-hybridized carbons (Fsp3) is 0.455. The van der Waals surface area contributed by atoms with Crippen molar-refractivity contribution in [2.45, 2.75) is 32.6 Å². The molecule has 0 bridgehead atoms. The predicted octanol–water partition coefficient (Wildman–Crippen LogP) is 4.55. The number of benzene rings is 1. The van der Waals surface area contributed by atoms with Gasteiger partial charge in [-0.3, -0.25) is 0 Å². The second kappa shape index (κ2) is 4.94. The molecule has 0 N–H and O–H groups in total. The Morgan fingerprint density at radius 3 is 1.65 bits per heavy atom. The Bertz CT molecular complexity index is 493. The molecule has 0 fully saturated rings. The lowest BCUT2D eigenvalue weighted by Gasteiger charge is -2.20. The van der Waals surface area contributed by atoms with E-state index in [2.05, 4.69) is 68.6 Å². The van der Waals surface area contributed by atoms with E-state index in [4.69, 9.17) is 0 Å². The molecule has 0 saturated heterocycles. The maximum atomic E-state index is 12.1. The lowest BCUT2D eigenvalue weighted by Crippen LogP contribution is -2.18. The normalized spacial score (nSPS) is 13.8. The van der Waals surface area contributed by atoms with E-state index in [1.54, 1.807) is 12.1 Å². The summed E-state index contributed by atoms with van der Waals surface area (Å²) in [6.45, 7) is 6.25. The first-order chi connectivity index (χ1) is 7.46. The van der Waals surface area contributed by atoms with Crippen LogP contribution in [-0.4, -0.2) is 9.89 Å². The molecule has 0 atom stereocenters. The van der Waals surface area contributed by atoms with Crippen LogP contribution < -0.4 is 0 Å². The van der Waals surface area contributed by atoms with Crippen molar-refractivity contribution in [2.75, 3.05) is 0 Å². The highest BCUT2D eigenvalue weighted by atomic mass is 80.0. The average molecular weight is 449 g/mol. The van der Waals surface area contributed by atoms with Gasteiger partial charge >= 0.3 is 0 Å². The zero-order valence-corrected chi connectivity index (χ0v) is 15.2. The summed E-state index contributed by atoms with van der Waals surface area (Å²) in [6.07, 6.45) is 0. The van der Waals surface area contributed by atoms with E-state index in [1.807, 2.05) is 12.1 Å². The number of hydrogen-bond donors (Lipinski definition) is 0. The highest BCUT2D eigenvalue weighted by Gasteiger charge is 2.37. The first kappa shape index (κ1) is 15.7. The van der Waals surface area contributed by atoms with E-state index in [0.29, 0.717) is 0 Å². The second-order valence-electron chi connectivity index (χ2n) is 4.72. The molecule has 2 nitrogen and oxygen atoms in total. The minimum absolute atomic E-state index is 0.0105. The van der Waals surface area contributed by atoms with Gasteiger partial charge in [-0.1, -0.05) is 32.9 Å². The monoisotopic (exact) mass is 446 g/mol. The lowest BCUT2D eigenvalue weighted by molar-refractivity contribution is 0.587. The van der Waals surface area contributed by atoms with Crippen LogP contribution in [0.5, 0.6) is 0 Å². The molecule has 0 amide bonds. The smallest absolute Gasteiger partial charge is 0.220 e. The predicted molar refractivity (Wildman–Crippen MR) is 81.8 cm³/mol.